The molecule has 8 nitrogen and oxygen atoms in total. The maximum atomic E-state index is 12.3. The maximum absolute atomic E-state index is 12.3. The number of imidazole rings is 1. The number of amides is 2. The van der Waals surface area contributed by atoms with Crippen molar-refractivity contribution >= 4 is 45.8 Å². The van der Waals surface area contributed by atoms with Crippen molar-refractivity contribution in [1.29, 1.82) is 5.26 Å². The van der Waals surface area contributed by atoms with E-state index in [0.29, 0.717) is 30.1 Å². The van der Waals surface area contributed by atoms with Crippen molar-refractivity contribution in [2.45, 2.75) is 25.8 Å². The summed E-state index contributed by atoms with van der Waals surface area (Å²) in [5, 5.41) is 17.7. The predicted octanol–water partition coefficient (Wildman–Crippen LogP) is 4.10. The van der Waals surface area contributed by atoms with Crippen molar-refractivity contribution in [2.24, 2.45) is 13.0 Å². The second-order valence-corrected chi connectivity index (χ2v) is 9.83. The zero-order chi connectivity index (χ0) is 23.2. The van der Waals surface area contributed by atoms with Crippen molar-refractivity contribution in [3.05, 3.63) is 62.7 Å². The van der Waals surface area contributed by atoms with Gasteiger partial charge in [-0.25, -0.2) is 9.78 Å². The average Bonchev–Trinajstić information content (AvgIpc) is 3.54. The molecule has 0 fully saturated rings. The molecule has 33 heavy (non-hydrogen) atoms. The number of alkyl carbamates (subject to hydrolysis) is 1. The van der Waals surface area contributed by atoms with Gasteiger partial charge >= 0.3 is 6.09 Å². The van der Waals surface area contributed by atoms with E-state index in [-0.39, 0.29) is 11.8 Å². The van der Waals surface area contributed by atoms with E-state index in [2.05, 4.69) is 21.7 Å². The zero-order valence-electron chi connectivity index (χ0n) is 18.0. The van der Waals surface area contributed by atoms with Gasteiger partial charge in [0.2, 0.25) is 5.91 Å². The molecule has 1 aliphatic rings. The summed E-state index contributed by atoms with van der Waals surface area (Å²) in [6, 6.07) is 6.10. The summed E-state index contributed by atoms with van der Waals surface area (Å²) in [5.74, 6) is -0.0893. The molecule has 170 valence electrons. The molecule has 3 aromatic rings. The molecule has 10 heteroatoms. The van der Waals surface area contributed by atoms with E-state index < -0.39 is 6.09 Å². The average molecular weight is 482 g/mol. The number of nitrogens with zero attached hydrogens (tertiary/aromatic N) is 3. The van der Waals surface area contributed by atoms with Crippen LogP contribution in [-0.4, -0.2) is 28.2 Å². The van der Waals surface area contributed by atoms with Crippen molar-refractivity contribution in [2.75, 3.05) is 11.9 Å². The lowest BCUT2D eigenvalue weighted by atomic mass is 9.88. The van der Waals surface area contributed by atoms with Gasteiger partial charge in [0.05, 0.1) is 30.7 Å². The summed E-state index contributed by atoms with van der Waals surface area (Å²) in [7, 11) is 1.87. The number of thiophene rings is 2. The minimum absolute atomic E-state index is 0.172. The van der Waals surface area contributed by atoms with Crippen molar-refractivity contribution in [3.63, 3.8) is 0 Å². The third-order valence-corrected chi connectivity index (χ3v) is 7.29. The Kier molecular flexibility index (Phi) is 7.22. The lowest BCUT2D eigenvalue weighted by Crippen LogP contribution is -2.27. The molecule has 0 aromatic carbocycles. The summed E-state index contributed by atoms with van der Waals surface area (Å²) in [5.41, 5.74) is 2.30. The first kappa shape index (κ1) is 22.8. The van der Waals surface area contributed by atoms with E-state index in [1.807, 2.05) is 35.3 Å². The molecule has 0 bridgehead atoms. The van der Waals surface area contributed by atoms with Crippen LogP contribution in [0.3, 0.4) is 0 Å². The molecule has 0 aliphatic heterocycles. The smallest absolute Gasteiger partial charge is 0.407 e. The third-order valence-electron chi connectivity index (χ3n) is 5.28. The number of ether oxygens (including phenoxy) is 1. The van der Waals surface area contributed by atoms with Crippen LogP contribution in [0.4, 0.5) is 9.80 Å². The molecule has 0 saturated heterocycles. The largest absolute Gasteiger partial charge is 0.449 e. The second kappa shape index (κ2) is 10.5. The van der Waals surface area contributed by atoms with Gasteiger partial charge in [-0.2, -0.15) is 5.26 Å². The van der Waals surface area contributed by atoms with Crippen LogP contribution in [0.2, 0.25) is 0 Å². The molecule has 0 saturated carbocycles. The van der Waals surface area contributed by atoms with E-state index in [0.717, 1.165) is 33.9 Å². The van der Waals surface area contributed by atoms with Gasteiger partial charge in [-0.05, 0) is 48.3 Å². The number of carbonyl (C=O) groups excluding carboxylic acids is 2. The van der Waals surface area contributed by atoms with Gasteiger partial charge in [-0.1, -0.05) is 6.07 Å². The van der Waals surface area contributed by atoms with Crippen LogP contribution in [-0.2, 0) is 36.0 Å². The zero-order valence-corrected chi connectivity index (χ0v) is 19.7. The van der Waals surface area contributed by atoms with Crippen LogP contribution < -0.4 is 10.6 Å². The number of hydrogen-bond acceptors (Lipinski definition) is 7. The van der Waals surface area contributed by atoms with Gasteiger partial charge in [-0.3, -0.25) is 4.79 Å². The summed E-state index contributed by atoms with van der Waals surface area (Å²) < 4.78 is 7.21. The lowest BCUT2D eigenvalue weighted by molar-refractivity contribution is -0.111. The molecule has 3 heterocycles. The van der Waals surface area contributed by atoms with Crippen LogP contribution >= 0.6 is 22.7 Å². The Morgan fingerprint density at radius 2 is 2.33 bits per heavy atom. The van der Waals surface area contributed by atoms with E-state index in [4.69, 9.17) is 4.74 Å². The third kappa shape index (κ3) is 5.88. The molecule has 0 spiro atoms. The summed E-state index contributed by atoms with van der Waals surface area (Å²) in [6.45, 7) is 0.619. The standard InChI is InChI=1S/C23H23N5O3S2/c1-28-12-16(26-14-28)11-25-23(30)31-13-15-4-6-18-19(10-24)22(33-20(18)9-15)27-21(29)7-5-17-3-2-8-32-17/h2-3,5,7-8,12,14-15H,4,6,9,11,13H2,1H3,(H,25,30)(H,27,29)/b7-5+. The van der Waals surface area contributed by atoms with Gasteiger partial charge in [0.15, 0.2) is 0 Å². The van der Waals surface area contributed by atoms with E-state index in [1.54, 1.807) is 23.7 Å². The Morgan fingerprint density at radius 1 is 1.45 bits per heavy atom. The number of carbonyl (C=O) groups is 2. The highest BCUT2D eigenvalue weighted by molar-refractivity contribution is 7.16. The minimum Gasteiger partial charge on any atom is -0.449 e. The highest BCUT2D eigenvalue weighted by Crippen LogP contribution is 2.39. The maximum Gasteiger partial charge on any atom is 0.407 e. The highest BCUT2D eigenvalue weighted by atomic mass is 32.1. The van der Waals surface area contributed by atoms with Gasteiger partial charge < -0.3 is 19.9 Å². The van der Waals surface area contributed by atoms with Crippen molar-refractivity contribution in [1.82, 2.24) is 14.9 Å². The molecule has 1 unspecified atom stereocenters. The molecular formula is C23H23N5O3S2. The quantitative estimate of drug-likeness (QED) is 0.494. The Balaban J connectivity index is 1.31. The number of anilines is 1. The first-order valence-corrected chi connectivity index (χ1v) is 12.2. The number of fused-ring (bicyclic) bond motifs is 1. The summed E-state index contributed by atoms with van der Waals surface area (Å²) >= 11 is 2.98. The van der Waals surface area contributed by atoms with Gasteiger partial charge in [0.1, 0.15) is 11.1 Å². The Bertz CT molecular complexity index is 1200. The van der Waals surface area contributed by atoms with Crippen molar-refractivity contribution in [3.8, 4) is 6.07 Å². The van der Waals surface area contributed by atoms with E-state index in [9.17, 15) is 14.9 Å². The number of rotatable bonds is 7. The van der Waals surface area contributed by atoms with Crippen molar-refractivity contribution < 1.29 is 14.3 Å². The Hall–Kier alpha value is -3.42. The van der Waals surface area contributed by atoms with E-state index in [1.165, 1.54) is 17.4 Å². The predicted molar refractivity (Wildman–Crippen MR) is 128 cm³/mol. The molecule has 1 aliphatic carbocycles. The molecule has 0 radical (unpaired) electrons. The fourth-order valence-electron chi connectivity index (χ4n) is 3.67. The van der Waals surface area contributed by atoms with Crippen LogP contribution in [0.25, 0.3) is 6.08 Å². The van der Waals surface area contributed by atoms with Crippen LogP contribution in [0.15, 0.2) is 36.1 Å². The van der Waals surface area contributed by atoms with Crippen LogP contribution in [0.1, 0.15) is 33.0 Å². The number of hydrogen-bond donors (Lipinski definition) is 2. The SMILES string of the molecule is Cn1cnc(CNC(=O)OCC2CCc3c(sc(NC(=O)/C=C/c4cccs4)c3C#N)C2)c1. The van der Waals surface area contributed by atoms with Crippen LogP contribution in [0, 0.1) is 17.2 Å². The van der Waals surface area contributed by atoms with Gasteiger partial charge in [0.25, 0.3) is 0 Å². The topological polar surface area (TPSA) is 109 Å². The second-order valence-electron chi connectivity index (χ2n) is 7.75. The molecule has 1 atom stereocenters. The normalized spacial score (nSPS) is 15.1. The fourth-order valence-corrected chi connectivity index (χ4v) is 5.60. The highest BCUT2D eigenvalue weighted by Gasteiger charge is 2.27. The Labute approximate surface area is 199 Å². The Morgan fingerprint density at radius 3 is 3.06 bits per heavy atom. The number of nitriles is 1. The molecular weight excluding hydrogens is 458 g/mol. The van der Waals surface area contributed by atoms with Gasteiger partial charge in [-0.15, -0.1) is 22.7 Å². The molecule has 2 amide bonds. The minimum atomic E-state index is -0.471. The molecule has 3 aromatic heterocycles. The summed E-state index contributed by atoms with van der Waals surface area (Å²) in [6.07, 6.45) is 8.52. The number of aromatic nitrogens is 2. The molecule has 4 rings (SSSR count). The first-order chi connectivity index (χ1) is 16.0. The van der Waals surface area contributed by atoms with E-state index >= 15 is 0 Å². The number of nitrogens with one attached hydrogen (secondary N) is 2. The molecule has 2 N–H and O–H groups in total. The first-order valence-electron chi connectivity index (χ1n) is 10.5. The lowest BCUT2D eigenvalue weighted by Gasteiger charge is -2.21. The summed E-state index contributed by atoms with van der Waals surface area (Å²) in [4.78, 5) is 30.6. The van der Waals surface area contributed by atoms with Crippen LogP contribution in [0.5, 0.6) is 0 Å². The monoisotopic (exact) mass is 481 g/mol. The van der Waals surface area contributed by atoms with Gasteiger partial charge in [0, 0.05) is 29.1 Å². The number of aryl methyl sites for hydroxylation is 1. The fraction of sp³-hybridized carbons (Fsp3) is 0.304.